The van der Waals surface area contributed by atoms with Gasteiger partial charge >= 0.3 is 0 Å². The molecule has 0 radical (unpaired) electrons. The van der Waals surface area contributed by atoms with Crippen LogP contribution in [0.15, 0.2) is 85.2 Å². The smallest absolute Gasteiger partial charge is 0.270 e. The predicted molar refractivity (Wildman–Crippen MR) is 103 cm³/mol. The van der Waals surface area contributed by atoms with Gasteiger partial charge in [-0.1, -0.05) is 60.7 Å². The maximum absolute atomic E-state index is 12.5. The lowest BCUT2D eigenvalue weighted by Crippen LogP contribution is -2.23. The summed E-state index contributed by atoms with van der Waals surface area (Å²) in [5, 5.41) is 3.83. The number of hydrogen-bond acceptors (Lipinski definition) is 3. The van der Waals surface area contributed by atoms with Gasteiger partial charge in [-0.15, -0.1) is 0 Å². The van der Waals surface area contributed by atoms with Crippen molar-refractivity contribution in [1.29, 1.82) is 0 Å². The normalized spacial score (nSPS) is 10.6. The molecule has 0 bridgehead atoms. The van der Waals surface area contributed by atoms with Crippen molar-refractivity contribution in [2.45, 2.75) is 6.54 Å². The standard InChI is InChI=1S/C22H17N3O/c26-22(24-13-16-7-3-1-4-8-16)20-12-11-18-14-23-15-19(21(18)25-20)17-9-5-2-6-10-17/h1-12,14-15H,13H2,(H,24,26). The van der Waals surface area contributed by atoms with E-state index in [0.717, 1.165) is 27.6 Å². The Hall–Kier alpha value is -3.53. The maximum Gasteiger partial charge on any atom is 0.270 e. The first-order chi connectivity index (χ1) is 12.8. The minimum Gasteiger partial charge on any atom is -0.347 e. The third-order valence-electron chi connectivity index (χ3n) is 4.21. The van der Waals surface area contributed by atoms with Crippen molar-refractivity contribution in [2.24, 2.45) is 0 Å². The molecule has 1 amide bonds. The van der Waals surface area contributed by atoms with E-state index in [4.69, 9.17) is 0 Å². The Labute approximate surface area is 151 Å². The van der Waals surface area contributed by atoms with Crippen molar-refractivity contribution in [2.75, 3.05) is 0 Å². The van der Waals surface area contributed by atoms with Gasteiger partial charge in [0.25, 0.3) is 5.91 Å². The highest BCUT2D eigenvalue weighted by Crippen LogP contribution is 2.26. The minimum absolute atomic E-state index is 0.188. The van der Waals surface area contributed by atoms with Crippen molar-refractivity contribution in [3.63, 3.8) is 0 Å². The SMILES string of the molecule is O=C(NCc1ccccc1)c1ccc2cncc(-c3ccccc3)c2n1. The van der Waals surface area contributed by atoms with Crippen LogP contribution in [-0.2, 0) is 6.54 Å². The van der Waals surface area contributed by atoms with Gasteiger partial charge in [-0.25, -0.2) is 4.98 Å². The highest BCUT2D eigenvalue weighted by Gasteiger charge is 2.11. The lowest BCUT2D eigenvalue weighted by molar-refractivity contribution is 0.0946. The maximum atomic E-state index is 12.5. The highest BCUT2D eigenvalue weighted by atomic mass is 16.1. The molecule has 2 aromatic heterocycles. The fourth-order valence-corrected chi connectivity index (χ4v) is 2.87. The number of pyridine rings is 2. The number of fused-ring (bicyclic) bond motifs is 1. The Kier molecular flexibility index (Phi) is 4.39. The molecule has 0 fully saturated rings. The molecule has 1 N–H and O–H groups in total. The number of hydrogen-bond donors (Lipinski definition) is 1. The predicted octanol–water partition coefficient (Wildman–Crippen LogP) is 4.23. The average Bonchev–Trinajstić information content (AvgIpc) is 2.72. The Morgan fingerprint density at radius 1 is 0.846 bits per heavy atom. The van der Waals surface area contributed by atoms with Crippen molar-refractivity contribution in [3.8, 4) is 11.1 Å². The van der Waals surface area contributed by atoms with Gasteiger partial charge < -0.3 is 5.32 Å². The molecule has 4 aromatic rings. The van der Waals surface area contributed by atoms with Crippen molar-refractivity contribution in [3.05, 3.63) is 96.4 Å². The lowest BCUT2D eigenvalue weighted by Gasteiger charge is -2.08. The van der Waals surface area contributed by atoms with Crippen molar-refractivity contribution in [1.82, 2.24) is 15.3 Å². The number of aromatic nitrogens is 2. The highest BCUT2D eigenvalue weighted by molar-refractivity contribution is 5.98. The van der Waals surface area contributed by atoms with E-state index in [9.17, 15) is 4.79 Å². The molecule has 0 aliphatic carbocycles. The first-order valence-electron chi connectivity index (χ1n) is 8.43. The van der Waals surface area contributed by atoms with Gasteiger partial charge in [0.15, 0.2) is 0 Å². The van der Waals surface area contributed by atoms with Gasteiger partial charge in [0.05, 0.1) is 5.52 Å². The van der Waals surface area contributed by atoms with Crippen LogP contribution in [0, 0.1) is 0 Å². The van der Waals surface area contributed by atoms with E-state index in [-0.39, 0.29) is 5.91 Å². The van der Waals surface area contributed by atoms with Crippen LogP contribution in [0.4, 0.5) is 0 Å². The van der Waals surface area contributed by atoms with E-state index in [1.165, 1.54) is 0 Å². The number of benzene rings is 2. The summed E-state index contributed by atoms with van der Waals surface area (Å²) in [6.07, 6.45) is 3.55. The van der Waals surface area contributed by atoms with E-state index in [2.05, 4.69) is 15.3 Å². The van der Waals surface area contributed by atoms with E-state index in [0.29, 0.717) is 12.2 Å². The van der Waals surface area contributed by atoms with Gasteiger partial charge in [-0.2, -0.15) is 0 Å². The van der Waals surface area contributed by atoms with Crippen LogP contribution in [0.5, 0.6) is 0 Å². The summed E-state index contributed by atoms with van der Waals surface area (Å²) in [5.74, 6) is -0.188. The largest absolute Gasteiger partial charge is 0.347 e. The van der Waals surface area contributed by atoms with Crippen LogP contribution in [0.1, 0.15) is 16.1 Å². The summed E-state index contributed by atoms with van der Waals surface area (Å²) in [7, 11) is 0. The molecule has 0 aliphatic rings. The van der Waals surface area contributed by atoms with Crippen LogP contribution in [0.25, 0.3) is 22.0 Å². The van der Waals surface area contributed by atoms with Crippen LogP contribution in [-0.4, -0.2) is 15.9 Å². The molecule has 2 heterocycles. The summed E-state index contributed by atoms with van der Waals surface area (Å²) in [4.78, 5) is 21.4. The fourth-order valence-electron chi connectivity index (χ4n) is 2.87. The molecule has 4 nitrogen and oxygen atoms in total. The number of rotatable bonds is 4. The van der Waals surface area contributed by atoms with Gasteiger partial charge in [0.1, 0.15) is 5.69 Å². The van der Waals surface area contributed by atoms with Crippen LogP contribution >= 0.6 is 0 Å². The number of nitrogens with one attached hydrogen (secondary N) is 1. The summed E-state index contributed by atoms with van der Waals surface area (Å²) in [5.41, 5.74) is 4.17. The molecule has 0 spiro atoms. The molecule has 126 valence electrons. The van der Waals surface area contributed by atoms with E-state index in [1.807, 2.05) is 66.7 Å². The molecule has 0 aliphatic heterocycles. The zero-order valence-corrected chi connectivity index (χ0v) is 14.1. The van der Waals surface area contributed by atoms with Gasteiger partial charge in [-0.3, -0.25) is 9.78 Å². The third-order valence-corrected chi connectivity index (χ3v) is 4.21. The average molecular weight is 339 g/mol. The van der Waals surface area contributed by atoms with Crippen LogP contribution < -0.4 is 5.32 Å². The summed E-state index contributed by atoms with van der Waals surface area (Å²) < 4.78 is 0. The molecule has 0 atom stereocenters. The van der Waals surface area contributed by atoms with Gasteiger partial charge in [0.2, 0.25) is 0 Å². The number of nitrogens with zero attached hydrogens (tertiary/aromatic N) is 2. The summed E-state index contributed by atoms with van der Waals surface area (Å²) >= 11 is 0. The Balaban J connectivity index is 1.65. The van der Waals surface area contributed by atoms with E-state index >= 15 is 0 Å². The third kappa shape index (κ3) is 3.30. The zero-order valence-electron chi connectivity index (χ0n) is 14.1. The van der Waals surface area contributed by atoms with Crippen LogP contribution in [0.3, 0.4) is 0 Å². The summed E-state index contributed by atoms with van der Waals surface area (Å²) in [6, 6.07) is 23.4. The molecule has 0 saturated carbocycles. The monoisotopic (exact) mass is 339 g/mol. The second kappa shape index (κ2) is 7.15. The molecule has 0 saturated heterocycles. The zero-order chi connectivity index (χ0) is 17.8. The Morgan fingerprint density at radius 2 is 1.58 bits per heavy atom. The lowest BCUT2D eigenvalue weighted by atomic mass is 10.0. The number of amides is 1. The fraction of sp³-hybridized carbons (Fsp3) is 0.0455. The second-order valence-electron chi connectivity index (χ2n) is 5.99. The van der Waals surface area contributed by atoms with E-state index < -0.39 is 0 Å². The first kappa shape index (κ1) is 16.0. The number of carbonyl (C=O) groups excluding carboxylic acids is 1. The molecule has 26 heavy (non-hydrogen) atoms. The van der Waals surface area contributed by atoms with Gasteiger partial charge in [-0.05, 0) is 23.3 Å². The molecular formula is C22H17N3O. The topological polar surface area (TPSA) is 54.9 Å². The number of carbonyl (C=O) groups is 1. The Morgan fingerprint density at radius 3 is 2.35 bits per heavy atom. The van der Waals surface area contributed by atoms with Crippen molar-refractivity contribution >= 4 is 16.8 Å². The summed E-state index contributed by atoms with van der Waals surface area (Å²) in [6.45, 7) is 0.473. The van der Waals surface area contributed by atoms with E-state index in [1.54, 1.807) is 18.5 Å². The minimum atomic E-state index is -0.188. The Bertz CT molecular complexity index is 1050. The molecule has 4 heteroatoms. The van der Waals surface area contributed by atoms with Gasteiger partial charge in [0, 0.05) is 29.9 Å². The molecule has 0 unspecified atom stereocenters. The first-order valence-corrected chi connectivity index (χ1v) is 8.43. The molecule has 4 rings (SSSR count). The molecular weight excluding hydrogens is 322 g/mol. The van der Waals surface area contributed by atoms with Crippen molar-refractivity contribution < 1.29 is 4.79 Å². The van der Waals surface area contributed by atoms with Crippen LogP contribution in [0.2, 0.25) is 0 Å². The second-order valence-corrected chi connectivity index (χ2v) is 5.99. The molecule has 2 aromatic carbocycles. The quantitative estimate of drug-likeness (QED) is 0.605.